The van der Waals surface area contributed by atoms with Gasteiger partial charge in [-0.2, -0.15) is 0 Å². The highest BCUT2D eigenvalue weighted by Gasteiger charge is 2.22. The summed E-state index contributed by atoms with van der Waals surface area (Å²) in [6, 6.07) is 7.30. The molecular weight excluding hydrogens is 256 g/mol. The van der Waals surface area contributed by atoms with E-state index in [-0.39, 0.29) is 18.2 Å². The van der Waals surface area contributed by atoms with Gasteiger partial charge in [0.1, 0.15) is 0 Å². The molecule has 0 N–H and O–H groups in total. The lowest BCUT2D eigenvalue weighted by molar-refractivity contribution is -0.152. The first-order valence-electron chi connectivity index (χ1n) is 6.78. The van der Waals surface area contributed by atoms with E-state index in [1.54, 1.807) is 12.1 Å². The van der Waals surface area contributed by atoms with E-state index in [0.29, 0.717) is 18.4 Å². The standard InChI is InChI=1S/C16H22O4/c1-5-8-14(17)19-11-20-15(18)12-9-6-7-10-13(12)16(2,3)4/h6-7,9-10H,5,8,11H2,1-4H3. The minimum absolute atomic E-state index is 0.158. The van der Waals surface area contributed by atoms with Crippen LogP contribution >= 0.6 is 0 Å². The Morgan fingerprint density at radius 1 is 1.10 bits per heavy atom. The molecule has 0 aliphatic carbocycles. The number of hydrogen-bond donors (Lipinski definition) is 0. The van der Waals surface area contributed by atoms with Crippen LogP contribution in [0.2, 0.25) is 0 Å². The van der Waals surface area contributed by atoms with Crippen LogP contribution in [-0.2, 0) is 19.7 Å². The van der Waals surface area contributed by atoms with Gasteiger partial charge in [0, 0.05) is 6.42 Å². The average molecular weight is 278 g/mol. The van der Waals surface area contributed by atoms with Gasteiger partial charge in [0.2, 0.25) is 6.79 Å². The Morgan fingerprint density at radius 3 is 2.35 bits per heavy atom. The second kappa shape index (κ2) is 7.08. The van der Waals surface area contributed by atoms with Crippen molar-refractivity contribution in [3.05, 3.63) is 35.4 Å². The lowest BCUT2D eigenvalue weighted by Crippen LogP contribution is -2.19. The quantitative estimate of drug-likeness (QED) is 0.611. The fourth-order valence-corrected chi connectivity index (χ4v) is 1.82. The Kier molecular flexibility index (Phi) is 5.74. The SMILES string of the molecule is CCCC(=O)OCOC(=O)c1ccccc1C(C)(C)C. The number of rotatable bonds is 5. The molecule has 0 spiro atoms. The third-order valence-corrected chi connectivity index (χ3v) is 2.82. The summed E-state index contributed by atoms with van der Waals surface area (Å²) in [7, 11) is 0. The van der Waals surface area contributed by atoms with Gasteiger partial charge < -0.3 is 9.47 Å². The molecular formula is C16H22O4. The predicted octanol–water partition coefficient (Wildman–Crippen LogP) is 3.44. The van der Waals surface area contributed by atoms with Crippen molar-refractivity contribution in [3.63, 3.8) is 0 Å². The Balaban J connectivity index is 2.67. The van der Waals surface area contributed by atoms with Crippen LogP contribution in [0.4, 0.5) is 0 Å². The van der Waals surface area contributed by atoms with Gasteiger partial charge in [-0.15, -0.1) is 0 Å². The molecule has 0 radical (unpaired) electrons. The van der Waals surface area contributed by atoms with E-state index in [2.05, 4.69) is 0 Å². The molecule has 0 fully saturated rings. The van der Waals surface area contributed by atoms with Gasteiger partial charge in [-0.25, -0.2) is 4.79 Å². The Hall–Kier alpha value is -1.84. The van der Waals surface area contributed by atoms with E-state index in [0.717, 1.165) is 5.56 Å². The number of carbonyl (C=O) groups excluding carboxylic acids is 2. The van der Waals surface area contributed by atoms with Crippen molar-refractivity contribution in [1.82, 2.24) is 0 Å². The van der Waals surface area contributed by atoms with E-state index >= 15 is 0 Å². The largest absolute Gasteiger partial charge is 0.428 e. The molecule has 1 rings (SSSR count). The first kappa shape index (κ1) is 16.2. The fraction of sp³-hybridized carbons (Fsp3) is 0.500. The van der Waals surface area contributed by atoms with Gasteiger partial charge >= 0.3 is 11.9 Å². The monoisotopic (exact) mass is 278 g/mol. The molecule has 0 aliphatic heterocycles. The topological polar surface area (TPSA) is 52.6 Å². The molecule has 0 saturated carbocycles. The zero-order valence-electron chi connectivity index (χ0n) is 12.6. The summed E-state index contributed by atoms with van der Waals surface area (Å²) in [4.78, 5) is 23.2. The molecule has 0 saturated heterocycles. The number of ether oxygens (including phenoxy) is 2. The van der Waals surface area contributed by atoms with E-state index in [1.165, 1.54) is 0 Å². The normalized spacial score (nSPS) is 11.0. The van der Waals surface area contributed by atoms with Gasteiger partial charge in [-0.05, 0) is 23.5 Å². The van der Waals surface area contributed by atoms with Crippen molar-refractivity contribution in [2.75, 3.05) is 6.79 Å². The van der Waals surface area contributed by atoms with Gasteiger partial charge in [0.15, 0.2) is 0 Å². The summed E-state index contributed by atoms with van der Waals surface area (Å²) < 4.78 is 9.82. The summed E-state index contributed by atoms with van der Waals surface area (Å²) in [5.74, 6) is -0.829. The van der Waals surface area contributed by atoms with Gasteiger partial charge in [-0.3, -0.25) is 4.79 Å². The van der Waals surface area contributed by atoms with Crippen molar-refractivity contribution < 1.29 is 19.1 Å². The fourth-order valence-electron chi connectivity index (χ4n) is 1.82. The maximum Gasteiger partial charge on any atom is 0.341 e. The summed E-state index contributed by atoms with van der Waals surface area (Å²) in [6.07, 6.45) is 1.04. The molecule has 1 aromatic carbocycles. The van der Waals surface area contributed by atoms with Crippen LogP contribution < -0.4 is 0 Å². The Bertz CT molecular complexity index is 472. The highest BCUT2D eigenvalue weighted by molar-refractivity contribution is 5.91. The minimum Gasteiger partial charge on any atom is -0.428 e. The minimum atomic E-state index is -0.472. The summed E-state index contributed by atoms with van der Waals surface area (Å²) in [5.41, 5.74) is 1.26. The van der Waals surface area contributed by atoms with Gasteiger partial charge in [-0.1, -0.05) is 45.9 Å². The third kappa shape index (κ3) is 4.68. The summed E-state index contributed by atoms with van der Waals surface area (Å²) in [6.45, 7) is 7.63. The van der Waals surface area contributed by atoms with Crippen molar-refractivity contribution >= 4 is 11.9 Å². The van der Waals surface area contributed by atoms with Crippen LogP contribution in [-0.4, -0.2) is 18.7 Å². The molecule has 0 heterocycles. The summed E-state index contributed by atoms with van der Waals surface area (Å²) >= 11 is 0. The number of carbonyl (C=O) groups is 2. The molecule has 0 unspecified atom stereocenters. The van der Waals surface area contributed by atoms with Crippen LogP contribution in [0.15, 0.2) is 24.3 Å². The Morgan fingerprint density at radius 2 is 1.75 bits per heavy atom. The molecule has 0 bridgehead atoms. The van der Waals surface area contributed by atoms with Crippen LogP contribution in [0.25, 0.3) is 0 Å². The molecule has 20 heavy (non-hydrogen) atoms. The van der Waals surface area contributed by atoms with Crippen molar-refractivity contribution in [2.45, 2.75) is 46.0 Å². The van der Waals surface area contributed by atoms with Crippen LogP contribution in [0.3, 0.4) is 0 Å². The van der Waals surface area contributed by atoms with E-state index in [9.17, 15) is 9.59 Å². The van der Waals surface area contributed by atoms with Crippen LogP contribution in [0.5, 0.6) is 0 Å². The zero-order valence-corrected chi connectivity index (χ0v) is 12.6. The zero-order chi connectivity index (χ0) is 15.2. The van der Waals surface area contributed by atoms with Crippen LogP contribution in [0, 0.1) is 0 Å². The van der Waals surface area contributed by atoms with E-state index in [1.807, 2.05) is 39.8 Å². The van der Waals surface area contributed by atoms with E-state index < -0.39 is 5.97 Å². The first-order valence-corrected chi connectivity index (χ1v) is 6.78. The molecule has 0 aliphatic rings. The summed E-state index contributed by atoms with van der Waals surface area (Å²) in [5, 5.41) is 0. The first-order chi connectivity index (χ1) is 9.36. The van der Waals surface area contributed by atoms with E-state index in [4.69, 9.17) is 9.47 Å². The molecule has 110 valence electrons. The number of hydrogen-bond acceptors (Lipinski definition) is 4. The molecule has 4 heteroatoms. The lowest BCUT2D eigenvalue weighted by atomic mass is 9.84. The maximum absolute atomic E-state index is 12.0. The average Bonchev–Trinajstić information content (AvgIpc) is 2.38. The van der Waals surface area contributed by atoms with Gasteiger partial charge in [0.25, 0.3) is 0 Å². The number of benzene rings is 1. The highest BCUT2D eigenvalue weighted by atomic mass is 16.7. The molecule has 0 amide bonds. The predicted molar refractivity (Wildman–Crippen MR) is 76.4 cm³/mol. The van der Waals surface area contributed by atoms with Crippen LogP contribution in [0.1, 0.15) is 56.5 Å². The van der Waals surface area contributed by atoms with Gasteiger partial charge in [0.05, 0.1) is 5.56 Å². The van der Waals surface area contributed by atoms with Crippen molar-refractivity contribution in [1.29, 1.82) is 0 Å². The van der Waals surface area contributed by atoms with Crippen molar-refractivity contribution in [2.24, 2.45) is 0 Å². The molecule has 1 aromatic rings. The second-order valence-electron chi connectivity index (χ2n) is 5.61. The third-order valence-electron chi connectivity index (χ3n) is 2.82. The lowest BCUT2D eigenvalue weighted by Gasteiger charge is -2.21. The van der Waals surface area contributed by atoms with Crippen molar-refractivity contribution in [3.8, 4) is 0 Å². The molecule has 0 atom stereocenters. The second-order valence-corrected chi connectivity index (χ2v) is 5.61. The molecule has 4 nitrogen and oxygen atoms in total. The number of esters is 2. The highest BCUT2D eigenvalue weighted by Crippen LogP contribution is 2.26. The Labute approximate surface area is 120 Å². The molecule has 0 aromatic heterocycles. The smallest absolute Gasteiger partial charge is 0.341 e. The maximum atomic E-state index is 12.0.